The van der Waals surface area contributed by atoms with Gasteiger partial charge in [0.2, 0.25) is 0 Å². The van der Waals surface area contributed by atoms with E-state index in [1.54, 1.807) is 13.0 Å². The van der Waals surface area contributed by atoms with Crippen molar-refractivity contribution in [2.75, 3.05) is 0 Å². The van der Waals surface area contributed by atoms with Crippen molar-refractivity contribution in [3.8, 4) is 0 Å². The zero-order chi connectivity index (χ0) is 13.8. The summed E-state index contributed by atoms with van der Waals surface area (Å²) in [6, 6.07) is 2.85. The first kappa shape index (κ1) is 14.5. The normalized spacial score (nSPS) is 17.8. The van der Waals surface area contributed by atoms with Crippen molar-refractivity contribution < 1.29 is 9.18 Å². The Labute approximate surface area is 119 Å². The van der Waals surface area contributed by atoms with Crippen LogP contribution < -0.4 is 0 Å². The molecular weight excluding hydrogens is 263 g/mol. The Morgan fingerprint density at radius 1 is 1.16 bits per heavy atom. The van der Waals surface area contributed by atoms with Crippen molar-refractivity contribution in [1.82, 2.24) is 0 Å². The third kappa shape index (κ3) is 3.56. The summed E-state index contributed by atoms with van der Waals surface area (Å²) in [5.41, 5.74) is 0.977. The predicted molar refractivity (Wildman–Crippen MR) is 76.3 cm³/mol. The molecule has 3 heteroatoms. The maximum atomic E-state index is 13.4. The molecule has 1 aliphatic rings. The van der Waals surface area contributed by atoms with Gasteiger partial charge in [-0.3, -0.25) is 4.79 Å². The SMILES string of the molecule is Cc1cc(C(=O)C2CCCCCCC2)c(Cl)cc1F. The van der Waals surface area contributed by atoms with Gasteiger partial charge in [-0.1, -0.05) is 43.7 Å². The summed E-state index contributed by atoms with van der Waals surface area (Å²) in [7, 11) is 0. The maximum Gasteiger partial charge on any atom is 0.167 e. The number of aryl methyl sites for hydroxylation is 1. The quantitative estimate of drug-likeness (QED) is 0.670. The average Bonchev–Trinajstić information content (AvgIpc) is 2.32. The van der Waals surface area contributed by atoms with Crippen molar-refractivity contribution in [3.05, 3.63) is 34.1 Å². The minimum Gasteiger partial charge on any atom is -0.294 e. The van der Waals surface area contributed by atoms with Crippen molar-refractivity contribution in [3.63, 3.8) is 0 Å². The Bertz CT molecular complexity index is 462. The summed E-state index contributed by atoms with van der Waals surface area (Å²) in [5, 5.41) is 0.246. The van der Waals surface area contributed by atoms with Gasteiger partial charge < -0.3 is 0 Å². The van der Waals surface area contributed by atoms with E-state index in [4.69, 9.17) is 11.6 Å². The lowest BCUT2D eigenvalue weighted by Gasteiger charge is -2.19. The highest BCUT2D eigenvalue weighted by atomic mass is 35.5. The number of rotatable bonds is 2. The minimum atomic E-state index is -0.348. The number of carbonyl (C=O) groups excluding carboxylic acids is 1. The first-order chi connectivity index (χ1) is 9.09. The predicted octanol–water partition coefficient (Wildman–Crippen LogP) is 5.33. The number of benzene rings is 1. The molecule has 0 N–H and O–H groups in total. The van der Waals surface area contributed by atoms with E-state index in [-0.39, 0.29) is 22.5 Å². The summed E-state index contributed by atoms with van der Waals surface area (Å²) < 4.78 is 13.4. The van der Waals surface area contributed by atoms with Crippen molar-refractivity contribution in [1.29, 1.82) is 0 Å². The van der Waals surface area contributed by atoms with Crippen LogP contribution in [0.15, 0.2) is 12.1 Å². The van der Waals surface area contributed by atoms with Crippen LogP contribution in [-0.2, 0) is 0 Å². The number of hydrogen-bond acceptors (Lipinski definition) is 1. The van der Waals surface area contributed by atoms with E-state index in [2.05, 4.69) is 0 Å². The zero-order valence-electron chi connectivity index (χ0n) is 11.3. The fourth-order valence-electron chi connectivity index (χ4n) is 2.78. The van der Waals surface area contributed by atoms with E-state index in [0.29, 0.717) is 11.1 Å². The molecule has 1 aromatic rings. The molecule has 19 heavy (non-hydrogen) atoms. The van der Waals surface area contributed by atoms with Gasteiger partial charge in [-0.05, 0) is 37.5 Å². The largest absolute Gasteiger partial charge is 0.294 e. The van der Waals surface area contributed by atoms with Gasteiger partial charge in [0, 0.05) is 11.5 Å². The summed E-state index contributed by atoms with van der Waals surface area (Å²) in [6.07, 6.45) is 7.77. The Morgan fingerprint density at radius 3 is 2.37 bits per heavy atom. The fourth-order valence-corrected chi connectivity index (χ4v) is 3.03. The third-order valence-corrected chi connectivity index (χ3v) is 4.30. The van der Waals surface area contributed by atoms with Gasteiger partial charge in [0.15, 0.2) is 5.78 Å². The van der Waals surface area contributed by atoms with Crippen LogP contribution in [0.4, 0.5) is 4.39 Å². The lowest BCUT2D eigenvalue weighted by Crippen LogP contribution is -2.17. The Hall–Kier alpha value is -0.890. The molecular formula is C16H20ClFO. The van der Waals surface area contributed by atoms with E-state index in [0.717, 1.165) is 25.7 Å². The van der Waals surface area contributed by atoms with Gasteiger partial charge in [0.1, 0.15) is 5.82 Å². The molecule has 0 heterocycles. The van der Waals surface area contributed by atoms with Crippen molar-refractivity contribution in [2.45, 2.75) is 51.9 Å². The second-order valence-electron chi connectivity index (χ2n) is 5.49. The first-order valence-electron chi connectivity index (χ1n) is 7.09. The van der Waals surface area contributed by atoms with Gasteiger partial charge in [-0.15, -0.1) is 0 Å². The zero-order valence-corrected chi connectivity index (χ0v) is 12.1. The number of hydrogen-bond donors (Lipinski definition) is 0. The summed E-state index contributed by atoms with van der Waals surface area (Å²) in [4.78, 5) is 12.5. The van der Waals surface area contributed by atoms with Crippen LogP contribution in [0.25, 0.3) is 0 Å². The number of carbonyl (C=O) groups is 1. The molecule has 0 aromatic heterocycles. The molecule has 1 aliphatic carbocycles. The minimum absolute atomic E-state index is 0.0580. The number of ketones is 1. The van der Waals surface area contributed by atoms with E-state index in [1.165, 1.54) is 25.3 Å². The molecule has 2 rings (SSSR count). The average molecular weight is 283 g/mol. The molecule has 1 saturated carbocycles. The maximum absolute atomic E-state index is 13.4. The van der Waals surface area contributed by atoms with Crippen molar-refractivity contribution in [2.24, 2.45) is 5.92 Å². The second kappa shape index (κ2) is 6.51. The van der Waals surface area contributed by atoms with Crippen LogP contribution in [0.2, 0.25) is 5.02 Å². The summed E-state index contributed by atoms with van der Waals surface area (Å²) in [6.45, 7) is 1.67. The van der Waals surface area contributed by atoms with Crippen LogP contribution in [0.1, 0.15) is 60.9 Å². The Morgan fingerprint density at radius 2 is 1.74 bits per heavy atom. The van der Waals surface area contributed by atoms with Gasteiger partial charge in [-0.25, -0.2) is 4.39 Å². The molecule has 104 valence electrons. The fraction of sp³-hybridized carbons (Fsp3) is 0.562. The monoisotopic (exact) mass is 282 g/mol. The molecule has 0 atom stereocenters. The van der Waals surface area contributed by atoms with E-state index in [9.17, 15) is 9.18 Å². The van der Waals surface area contributed by atoms with E-state index in [1.807, 2.05) is 0 Å². The van der Waals surface area contributed by atoms with Crippen molar-refractivity contribution >= 4 is 17.4 Å². The molecule has 1 aromatic carbocycles. The molecule has 0 bridgehead atoms. The molecule has 0 aliphatic heterocycles. The van der Waals surface area contributed by atoms with Crippen LogP contribution in [0.3, 0.4) is 0 Å². The Balaban J connectivity index is 2.20. The van der Waals surface area contributed by atoms with Gasteiger partial charge >= 0.3 is 0 Å². The molecule has 0 amide bonds. The first-order valence-corrected chi connectivity index (χ1v) is 7.47. The van der Waals surface area contributed by atoms with Gasteiger partial charge in [0.05, 0.1) is 5.02 Å². The molecule has 1 nitrogen and oxygen atoms in total. The molecule has 0 unspecified atom stereocenters. The van der Waals surface area contributed by atoms with E-state index >= 15 is 0 Å². The number of halogens is 2. The van der Waals surface area contributed by atoms with Gasteiger partial charge in [-0.2, -0.15) is 0 Å². The molecule has 0 radical (unpaired) electrons. The standard InChI is InChI=1S/C16H20ClFO/c1-11-9-13(14(17)10-15(11)18)16(19)12-7-5-3-2-4-6-8-12/h9-10,12H,2-8H2,1H3. The summed E-state index contributed by atoms with van der Waals surface area (Å²) >= 11 is 6.03. The van der Waals surface area contributed by atoms with Crippen LogP contribution in [0.5, 0.6) is 0 Å². The topological polar surface area (TPSA) is 17.1 Å². The molecule has 1 fully saturated rings. The highest BCUT2D eigenvalue weighted by Crippen LogP contribution is 2.29. The van der Waals surface area contributed by atoms with Gasteiger partial charge in [0.25, 0.3) is 0 Å². The smallest absolute Gasteiger partial charge is 0.167 e. The lowest BCUT2D eigenvalue weighted by atomic mass is 9.85. The summed E-state index contributed by atoms with van der Waals surface area (Å²) in [5.74, 6) is -0.197. The molecule has 0 spiro atoms. The Kier molecular flexibility index (Phi) is 4.98. The second-order valence-corrected chi connectivity index (χ2v) is 5.89. The van der Waals surface area contributed by atoms with E-state index < -0.39 is 0 Å². The van der Waals surface area contributed by atoms with Crippen LogP contribution >= 0.6 is 11.6 Å². The van der Waals surface area contributed by atoms with Crippen LogP contribution in [-0.4, -0.2) is 5.78 Å². The molecule has 0 saturated heterocycles. The lowest BCUT2D eigenvalue weighted by molar-refractivity contribution is 0.0898. The highest BCUT2D eigenvalue weighted by molar-refractivity contribution is 6.34. The highest BCUT2D eigenvalue weighted by Gasteiger charge is 2.23. The number of Topliss-reactive ketones (excluding diaryl/α,β-unsaturated/α-hetero) is 1. The third-order valence-electron chi connectivity index (χ3n) is 3.99. The van der Waals surface area contributed by atoms with Crippen LogP contribution in [0, 0.1) is 18.7 Å².